The van der Waals surface area contributed by atoms with Gasteiger partial charge < -0.3 is 5.11 Å². The van der Waals surface area contributed by atoms with Crippen molar-refractivity contribution in [2.24, 2.45) is 5.41 Å². The molecule has 0 atom stereocenters. The van der Waals surface area contributed by atoms with Gasteiger partial charge in [-0.2, -0.15) is 0 Å². The highest BCUT2D eigenvalue weighted by atomic mass is 35.5. The molecule has 1 saturated carbocycles. The van der Waals surface area contributed by atoms with Gasteiger partial charge in [0.05, 0.1) is 16.3 Å². The lowest BCUT2D eigenvalue weighted by atomic mass is 9.77. The average Bonchev–Trinajstić information content (AvgIpc) is 2.86. The summed E-state index contributed by atoms with van der Waals surface area (Å²) in [5.41, 5.74) is -0.789. The van der Waals surface area contributed by atoms with Crippen LogP contribution in [0.1, 0.15) is 43.4 Å². The number of rotatable bonds is 5. The molecular formula is C13H15ClF2O2S. The van der Waals surface area contributed by atoms with Crippen LogP contribution in [-0.4, -0.2) is 11.1 Å². The maximum Gasteiger partial charge on any atom is 0.303 e. The zero-order valence-corrected chi connectivity index (χ0v) is 11.9. The third-order valence-electron chi connectivity index (χ3n) is 3.74. The summed E-state index contributed by atoms with van der Waals surface area (Å²) >= 11 is 6.70. The lowest BCUT2D eigenvalue weighted by molar-refractivity contribution is -0.141. The van der Waals surface area contributed by atoms with Crippen LogP contribution in [0.5, 0.6) is 0 Å². The first-order valence-corrected chi connectivity index (χ1v) is 7.44. The molecule has 0 aromatic carbocycles. The molecule has 0 amide bonds. The Morgan fingerprint density at radius 3 is 2.58 bits per heavy atom. The van der Waals surface area contributed by atoms with Crippen LogP contribution in [0, 0.1) is 5.41 Å². The molecule has 1 aliphatic rings. The van der Waals surface area contributed by atoms with Gasteiger partial charge in [0.25, 0.3) is 5.92 Å². The number of halogens is 3. The van der Waals surface area contributed by atoms with Gasteiger partial charge in [-0.1, -0.05) is 24.4 Å². The molecule has 0 aliphatic heterocycles. The molecule has 1 aromatic rings. The fraction of sp³-hybridized carbons (Fsp3) is 0.615. The maximum atomic E-state index is 14.3. The molecule has 19 heavy (non-hydrogen) atoms. The molecule has 1 aliphatic carbocycles. The van der Waals surface area contributed by atoms with E-state index in [-0.39, 0.29) is 16.3 Å². The van der Waals surface area contributed by atoms with E-state index in [1.54, 1.807) is 0 Å². The fourth-order valence-corrected chi connectivity index (χ4v) is 4.14. The zero-order chi connectivity index (χ0) is 14.1. The molecule has 1 N–H and O–H groups in total. The minimum Gasteiger partial charge on any atom is -0.481 e. The molecule has 0 saturated heterocycles. The van der Waals surface area contributed by atoms with Gasteiger partial charge in [0.15, 0.2) is 0 Å². The highest BCUT2D eigenvalue weighted by Gasteiger charge is 2.47. The van der Waals surface area contributed by atoms with Gasteiger partial charge in [-0.05, 0) is 29.7 Å². The first-order chi connectivity index (χ1) is 8.85. The van der Waals surface area contributed by atoms with E-state index in [1.807, 2.05) is 0 Å². The van der Waals surface area contributed by atoms with Crippen LogP contribution in [0.4, 0.5) is 8.78 Å². The topological polar surface area (TPSA) is 37.3 Å². The Kier molecular flexibility index (Phi) is 4.16. The van der Waals surface area contributed by atoms with E-state index in [0.29, 0.717) is 12.8 Å². The van der Waals surface area contributed by atoms with Crippen molar-refractivity contribution in [3.8, 4) is 0 Å². The molecule has 0 bridgehead atoms. The zero-order valence-electron chi connectivity index (χ0n) is 10.3. The molecule has 0 radical (unpaired) electrons. The minimum atomic E-state index is -3.05. The Hall–Kier alpha value is -0.680. The Labute approximate surface area is 119 Å². The van der Waals surface area contributed by atoms with Gasteiger partial charge in [-0.15, -0.1) is 11.3 Å². The molecule has 1 heterocycles. The largest absolute Gasteiger partial charge is 0.481 e. The quantitative estimate of drug-likeness (QED) is 0.838. The summed E-state index contributed by atoms with van der Waals surface area (Å²) in [5, 5.41) is 10.6. The summed E-state index contributed by atoms with van der Waals surface area (Å²) in [7, 11) is 0. The SMILES string of the molecule is O=C(O)CC1(CC(F)(F)c2sccc2Cl)CCCC1. The van der Waals surface area contributed by atoms with Crippen molar-refractivity contribution < 1.29 is 18.7 Å². The van der Waals surface area contributed by atoms with E-state index < -0.39 is 23.7 Å². The van der Waals surface area contributed by atoms with Gasteiger partial charge in [0, 0.05) is 6.42 Å². The summed E-state index contributed by atoms with van der Waals surface area (Å²) in [6.45, 7) is 0. The van der Waals surface area contributed by atoms with Gasteiger partial charge in [-0.3, -0.25) is 4.79 Å². The predicted octanol–water partition coefficient (Wildman–Crippen LogP) is 4.92. The van der Waals surface area contributed by atoms with E-state index in [2.05, 4.69) is 0 Å². The molecule has 0 unspecified atom stereocenters. The summed E-state index contributed by atoms with van der Waals surface area (Å²) in [6.07, 6.45) is 2.14. The molecular weight excluding hydrogens is 294 g/mol. The van der Waals surface area contributed by atoms with Crippen LogP contribution in [0.15, 0.2) is 11.4 Å². The first kappa shape index (κ1) is 14.7. The monoisotopic (exact) mass is 308 g/mol. The first-order valence-electron chi connectivity index (χ1n) is 6.18. The molecule has 106 valence electrons. The Morgan fingerprint density at radius 2 is 2.11 bits per heavy atom. The number of thiophene rings is 1. The van der Waals surface area contributed by atoms with Crippen molar-refractivity contribution in [1.29, 1.82) is 0 Å². The molecule has 2 rings (SSSR count). The number of carboxylic acids is 1. The van der Waals surface area contributed by atoms with Crippen molar-refractivity contribution >= 4 is 28.9 Å². The number of hydrogen-bond acceptors (Lipinski definition) is 2. The van der Waals surface area contributed by atoms with Crippen LogP contribution in [-0.2, 0) is 10.7 Å². The van der Waals surface area contributed by atoms with E-state index in [9.17, 15) is 13.6 Å². The van der Waals surface area contributed by atoms with Crippen molar-refractivity contribution in [3.63, 3.8) is 0 Å². The van der Waals surface area contributed by atoms with Crippen molar-refractivity contribution in [3.05, 3.63) is 21.3 Å². The van der Waals surface area contributed by atoms with E-state index in [0.717, 1.165) is 24.2 Å². The fourth-order valence-electron chi connectivity index (χ4n) is 2.97. The minimum absolute atomic E-state index is 0.0680. The molecule has 2 nitrogen and oxygen atoms in total. The normalized spacial score (nSPS) is 18.7. The second kappa shape index (κ2) is 5.37. The molecule has 1 fully saturated rings. The number of carboxylic acid groups (broad SMARTS) is 1. The Bertz CT molecular complexity index is 467. The van der Waals surface area contributed by atoms with E-state index >= 15 is 0 Å². The third-order valence-corrected chi connectivity index (χ3v) is 5.19. The van der Waals surface area contributed by atoms with Crippen LogP contribution < -0.4 is 0 Å². The molecule has 6 heteroatoms. The van der Waals surface area contributed by atoms with Gasteiger partial charge >= 0.3 is 5.97 Å². The van der Waals surface area contributed by atoms with E-state index in [4.69, 9.17) is 16.7 Å². The maximum absolute atomic E-state index is 14.3. The van der Waals surface area contributed by atoms with E-state index in [1.165, 1.54) is 11.4 Å². The van der Waals surface area contributed by atoms with Crippen molar-refractivity contribution in [2.45, 2.75) is 44.4 Å². The summed E-state index contributed by atoms with van der Waals surface area (Å²) in [6, 6.07) is 1.45. The van der Waals surface area contributed by atoms with Crippen molar-refractivity contribution in [2.75, 3.05) is 0 Å². The highest BCUT2D eigenvalue weighted by Crippen LogP contribution is 2.52. The second-order valence-corrected chi connectivity index (χ2v) is 6.58. The molecule has 0 spiro atoms. The lowest BCUT2D eigenvalue weighted by Gasteiger charge is -2.31. The number of carbonyl (C=O) groups is 1. The van der Waals surface area contributed by atoms with Gasteiger partial charge in [0.1, 0.15) is 0 Å². The summed E-state index contributed by atoms with van der Waals surface area (Å²) in [5.74, 6) is -4.06. The predicted molar refractivity (Wildman–Crippen MR) is 71.0 cm³/mol. The number of aliphatic carboxylic acids is 1. The Balaban J connectivity index is 2.21. The highest BCUT2D eigenvalue weighted by molar-refractivity contribution is 7.10. The average molecular weight is 309 g/mol. The second-order valence-electron chi connectivity index (χ2n) is 5.26. The summed E-state index contributed by atoms with van der Waals surface area (Å²) < 4.78 is 28.7. The van der Waals surface area contributed by atoms with Gasteiger partial charge in [-0.25, -0.2) is 8.78 Å². The number of alkyl halides is 2. The summed E-state index contributed by atoms with van der Waals surface area (Å²) in [4.78, 5) is 10.8. The number of hydrogen-bond donors (Lipinski definition) is 1. The van der Waals surface area contributed by atoms with Gasteiger partial charge in [0.2, 0.25) is 0 Å². The van der Waals surface area contributed by atoms with Crippen molar-refractivity contribution in [1.82, 2.24) is 0 Å². The van der Waals surface area contributed by atoms with Crippen LogP contribution >= 0.6 is 22.9 Å². The third kappa shape index (κ3) is 3.26. The smallest absolute Gasteiger partial charge is 0.303 e. The standard InChI is InChI=1S/C13H15ClF2O2S/c14-9-3-6-19-11(9)13(15,16)8-12(7-10(17)18)4-1-2-5-12/h3,6H,1-2,4-5,7-8H2,(H,17,18). The molecule has 1 aromatic heterocycles. The van der Waals surface area contributed by atoms with Crippen LogP contribution in [0.3, 0.4) is 0 Å². The van der Waals surface area contributed by atoms with Crippen LogP contribution in [0.2, 0.25) is 5.02 Å². The van der Waals surface area contributed by atoms with Crippen LogP contribution in [0.25, 0.3) is 0 Å². The lowest BCUT2D eigenvalue weighted by Crippen LogP contribution is -2.29. The Morgan fingerprint density at radius 1 is 1.47 bits per heavy atom.